The summed E-state index contributed by atoms with van der Waals surface area (Å²) in [5, 5.41) is 11.4. The molecule has 0 bridgehead atoms. The Morgan fingerprint density at radius 1 is 0.762 bits per heavy atom. The first-order valence-electron chi connectivity index (χ1n) is 8.88. The molecule has 1 heterocycles. The molecule has 21 heavy (non-hydrogen) atoms. The summed E-state index contributed by atoms with van der Waals surface area (Å²) in [7, 11) is 0. The molecule has 122 valence electrons. The third kappa shape index (κ3) is 9.62. The smallest absolute Gasteiger partial charge is 0.230 e. The SMILES string of the molecule is CCCCCCCCCCCc1nnc(CNCCC)o1. The van der Waals surface area contributed by atoms with E-state index in [4.69, 9.17) is 4.42 Å². The summed E-state index contributed by atoms with van der Waals surface area (Å²) in [6, 6.07) is 0. The average molecular weight is 295 g/mol. The molecule has 0 aliphatic carbocycles. The highest BCUT2D eigenvalue weighted by atomic mass is 16.4. The molecule has 0 aliphatic heterocycles. The first kappa shape index (κ1) is 18.1. The number of nitrogens with one attached hydrogen (secondary N) is 1. The van der Waals surface area contributed by atoms with Gasteiger partial charge in [0.25, 0.3) is 0 Å². The summed E-state index contributed by atoms with van der Waals surface area (Å²) < 4.78 is 5.62. The second-order valence-electron chi connectivity index (χ2n) is 5.84. The summed E-state index contributed by atoms with van der Waals surface area (Å²) in [5.41, 5.74) is 0. The lowest BCUT2D eigenvalue weighted by Gasteiger charge is -2.00. The van der Waals surface area contributed by atoms with Crippen LogP contribution in [0.1, 0.15) is 89.8 Å². The molecule has 1 aromatic rings. The van der Waals surface area contributed by atoms with Gasteiger partial charge >= 0.3 is 0 Å². The van der Waals surface area contributed by atoms with Crippen molar-refractivity contribution in [2.24, 2.45) is 0 Å². The number of aryl methyl sites for hydroxylation is 1. The van der Waals surface area contributed by atoms with Gasteiger partial charge in [0.05, 0.1) is 6.54 Å². The average Bonchev–Trinajstić information content (AvgIpc) is 2.94. The summed E-state index contributed by atoms with van der Waals surface area (Å²) in [4.78, 5) is 0. The van der Waals surface area contributed by atoms with Crippen LogP contribution >= 0.6 is 0 Å². The number of hydrogen-bond donors (Lipinski definition) is 1. The van der Waals surface area contributed by atoms with E-state index in [2.05, 4.69) is 29.4 Å². The number of nitrogens with zero attached hydrogens (tertiary/aromatic N) is 2. The summed E-state index contributed by atoms with van der Waals surface area (Å²) >= 11 is 0. The molecule has 1 aromatic heterocycles. The Balaban J connectivity index is 1.95. The van der Waals surface area contributed by atoms with Gasteiger partial charge < -0.3 is 9.73 Å². The molecule has 0 amide bonds. The summed E-state index contributed by atoms with van der Waals surface area (Å²) in [6.07, 6.45) is 14.2. The van der Waals surface area contributed by atoms with Crippen LogP contribution in [0.15, 0.2) is 4.42 Å². The molecule has 4 nitrogen and oxygen atoms in total. The van der Waals surface area contributed by atoms with Crippen LogP contribution in [0.25, 0.3) is 0 Å². The second kappa shape index (κ2) is 12.8. The fourth-order valence-corrected chi connectivity index (χ4v) is 2.42. The van der Waals surface area contributed by atoms with Crippen molar-refractivity contribution in [2.75, 3.05) is 6.54 Å². The van der Waals surface area contributed by atoms with Gasteiger partial charge in [-0.15, -0.1) is 10.2 Å². The summed E-state index contributed by atoms with van der Waals surface area (Å²) in [6.45, 7) is 6.10. The van der Waals surface area contributed by atoms with E-state index in [-0.39, 0.29) is 0 Å². The molecule has 0 unspecified atom stereocenters. The standard InChI is InChI=1S/C17H33N3O/c1-3-5-6-7-8-9-10-11-12-13-16-19-20-17(21-16)15-18-14-4-2/h18H,3-15H2,1-2H3. The van der Waals surface area contributed by atoms with Crippen LogP contribution in [0.5, 0.6) is 0 Å². The van der Waals surface area contributed by atoms with Crippen LogP contribution in [0, 0.1) is 0 Å². The molecule has 0 aromatic carbocycles. The third-order valence-corrected chi connectivity index (χ3v) is 3.71. The van der Waals surface area contributed by atoms with E-state index in [0.29, 0.717) is 6.54 Å². The van der Waals surface area contributed by atoms with E-state index < -0.39 is 0 Å². The highest BCUT2D eigenvalue weighted by Gasteiger charge is 2.05. The van der Waals surface area contributed by atoms with Gasteiger partial charge in [0, 0.05) is 6.42 Å². The van der Waals surface area contributed by atoms with E-state index in [0.717, 1.165) is 31.2 Å². The molecule has 1 rings (SSSR count). The lowest BCUT2D eigenvalue weighted by Crippen LogP contribution is -2.13. The van der Waals surface area contributed by atoms with Crippen LogP contribution in [0.3, 0.4) is 0 Å². The predicted molar refractivity (Wildman–Crippen MR) is 87.2 cm³/mol. The number of rotatable bonds is 14. The molecule has 0 saturated heterocycles. The van der Waals surface area contributed by atoms with E-state index in [1.807, 2.05) is 0 Å². The molecule has 0 aliphatic rings. The van der Waals surface area contributed by atoms with Crippen molar-refractivity contribution >= 4 is 0 Å². The van der Waals surface area contributed by atoms with Crippen molar-refractivity contribution in [1.29, 1.82) is 0 Å². The Bertz CT molecular complexity index is 339. The zero-order chi connectivity index (χ0) is 15.2. The van der Waals surface area contributed by atoms with Gasteiger partial charge in [-0.25, -0.2) is 0 Å². The van der Waals surface area contributed by atoms with Crippen molar-refractivity contribution in [3.63, 3.8) is 0 Å². The van der Waals surface area contributed by atoms with Crippen molar-refractivity contribution in [3.8, 4) is 0 Å². The quantitative estimate of drug-likeness (QED) is 0.508. The van der Waals surface area contributed by atoms with Crippen molar-refractivity contribution in [2.45, 2.75) is 91.0 Å². The van der Waals surface area contributed by atoms with Crippen LogP contribution < -0.4 is 5.32 Å². The van der Waals surface area contributed by atoms with Gasteiger partial charge in [-0.2, -0.15) is 0 Å². The topological polar surface area (TPSA) is 51.0 Å². The van der Waals surface area contributed by atoms with Crippen molar-refractivity contribution < 1.29 is 4.42 Å². The highest BCUT2D eigenvalue weighted by molar-refractivity contribution is 4.81. The number of unbranched alkanes of at least 4 members (excludes halogenated alkanes) is 8. The third-order valence-electron chi connectivity index (χ3n) is 3.71. The molecule has 0 saturated carbocycles. The van der Waals surface area contributed by atoms with Gasteiger partial charge in [0.15, 0.2) is 0 Å². The molecule has 0 radical (unpaired) electrons. The Labute approximate surface area is 130 Å². The largest absolute Gasteiger partial charge is 0.424 e. The van der Waals surface area contributed by atoms with Crippen LogP contribution in [-0.4, -0.2) is 16.7 Å². The van der Waals surface area contributed by atoms with Gasteiger partial charge in [0.1, 0.15) is 0 Å². The maximum absolute atomic E-state index is 5.62. The molecule has 0 fully saturated rings. The van der Waals surface area contributed by atoms with E-state index in [1.165, 1.54) is 57.8 Å². The maximum atomic E-state index is 5.62. The minimum atomic E-state index is 0.693. The monoisotopic (exact) mass is 295 g/mol. The Hall–Kier alpha value is -0.900. The normalized spacial score (nSPS) is 11.1. The Kier molecular flexibility index (Phi) is 11.1. The van der Waals surface area contributed by atoms with Crippen LogP contribution in [0.4, 0.5) is 0 Å². The van der Waals surface area contributed by atoms with Crippen molar-refractivity contribution in [1.82, 2.24) is 15.5 Å². The van der Waals surface area contributed by atoms with E-state index in [1.54, 1.807) is 0 Å². The number of hydrogen-bond acceptors (Lipinski definition) is 4. The van der Waals surface area contributed by atoms with Gasteiger partial charge in [-0.05, 0) is 19.4 Å². The zero-order valence-corrected chi connectivity index (χ0v) is 14.0. The second-order valence-corrected chi connectivity index (χ2v) is 5.84. The minimum Gasteiger partial charge on any atom is -0.424 e. The van der Waals surface area contributed by atoms with Gasteiger partial charge in [-0.1, -0.05) is 65.2 Å². The first-order valence-corrected chi connectivity index (χ1v) is 8.88. The van der Waals surface area contributed by atoms with E-state index in [9.17, 15) is 0 Å². The zero-order valence-electron chi connectivity index (χ0n) is 14.0. The molecule has 0 spiro atoms. The van der Waals surface area contributed by atoms with Gasteiger partial charge in [-0.3, -0.25) is 0 Å². The fraction of sp³-hybridized carbons (Fsp3) is 0.882. The minimum absolute atomic E-state index is 0.693. The Morgan fingerprint density at radius 2 is 1.38 bits per heavy atom. The molecule has 0 atom stereocenters. The predicted octanol–water partition coefficient (Wildman–Crippen LogP) is 4.64. The highest BCUT2D eigenvalue weighted by Crippen LogP contribution is 2.11. The van der Waals surface area contributed by atoms with Crippen LogP contribution in [0.2, 0.25) is 0 Å². The van der Waals surface area contributed by atoms with Crippen LogP contribution in [-0.2, 0) is 13.0 Å². The maximum Gasteiger partial charge on any atom is 0.230 e. The fourth-order valence-electron chi connectivity index (χ4n) is 2.42. The first-order chi connectivity index (χ1) is 10.4. The van der Waals surface area contributed by atoms with Gasteiger partial charge in [0.2, 0.25) is 11.8 Å². The summed E-state index contributed by atoms with van der Waals surface area (Å²) in [5.74, 6) is 1.51. The molecule has 1 N–H and O–H groups in total. The van der Waals surface area contributed by atoms with E-state index >= 15 is 0 Å². The molecular weight excluding hydrogens is 262 g/mol. The van der Waals surface area contributed by atoms with Crippen molar-refractivity contribution in [3.05, 3.63) is 11.8 Å². The Morgan fingerprint density at radius 3 is 2.05 bits per heavy atom. The lowest BCUT2D eigenvalue weighted by molar-refractivity contribution is 0.425. The lowest BCUT2D eigenvalue weighted by atomic mass is 10.1. The molecule has 4 heteroatoms. The molecular formula is C17H33N3O. The number of aromatic nitrogens is 2.